The van der Waals surface area contributed by atoms with E-state index in [1.807, 2.05) is 36.4 Å². The smallest absolute Gasteiger partial charge is 0.255 e. The molecule has 0 aliphatic carbocycles. The zero-order valence-corrected chi connectivity index (χ0v) is 15.9. The topological polar surface area (TPSA) is 56.8 Å². The first-order valence-corrected chi connectivity index (χ1v) is 9.49. The van der Waals surface area contributed by atoms with Crippen LogP contribution in [-0.4, -0.2) is 31.8 Å². The fraction of sp³-hybridized carbons (Fsp3) is 0.409. The maximum atomic E-state index is 12.5. The molecule has 0 saturated carbocycles. The van der Waals surface area contributed by atoms with Gasteiger partial charge >= 0.3 is 0 Å². The van der Waals surface area contributed by atoms with Gasteiger partial charge in [-0.15, -0.1) is 0 Å². The molecule has 0 aromatic heterocycles. The van der Waals surface area contributed by atoms with Crippen molar-refractivity contribution < 1.29 is 19.0 Å². The predicted octanol–water partition coefficient (Wildman–Crippen LogP) is 4.53. The Morgan fingerprint density at radius 1 is 1.15 bits per heavy atom. The molecule has 3 rings (SSSR count). The van der Waals surface area contributed by atoms with Gasteiger partial charge in [0.25, 0.3) is 5.91 Å². The number of rotatable bonds is 8. The molecule has 1 amide bonds. The zero-order chi connectivity index (χ0) is 19.1. The Balaban J connectivity index is 1.53. The second kappa shape index (κ2) is 9.42. The summed E-state index contributed by atoms with van der Waals surface area (Å²) in [5.41, 5.74) is 1.29. The molecule has 0 spiro atoms. The molecule has 27 heavy (non-hydrogen) atoms. The largest absolute Gasteiger partial charge is 0.493 e. The molecule has 2 aromatic carbocycles. The molecule has 5 nitrogen and oxygen atoms in total. The summed E-state index contributed by atoms with van der Waals surface area (Å²) in [7, 11) is 0. The Hall–Kier alpha value is -2.53. The normalized spacial score (nSPS) is 16.3. The molecule has 1 saturated heterocycles. The molecule has 1 N–H and O–H groups in total. The van der Waals surface area contributed by atoms with Crippen molar-refractivity contribution in [2.24, 2.45) is 5.92 Å². The van der Waals surface area contributed by atoms with Crippen LogP contribution in [0.3, 0.4) is 0 Å². The van der Waals surface area contributed by atoms with Crippen molar-refractivity contribution in [1.82, 2.24) is 0 Å². The van der Waals surface area contributed by atoms with Gasteiger partial charge in [-0.2, -0.15) is 0 Å². The highest BCUT2D eigenvalue weighted by Gasteiger charge is 2.16. The summed E-state index contributed by atoms with van der Waals surface area (Å²) < 4.78 is 17.0. The Kier molecular flexibility index (Phi) is 6.71. The van der Waals surface area contributed by atoms with Crippen LogP contribution in [0.15, 0.2) is 48.5 Å². The molecule has 5 heteroatoms. The summed E-state index contributed by atoms with van der Waals surface area (Å²) >= 11 is 0. The van der Waals surface area contributed by atoms with Gasteiger partial charge in [0.1, 0.15) is 18.1 Å². The van der Waals surface area contributed by atoms with Gasteiger partial charge in [0, 0.05) is 23.9 Å². The number of nitrogens with one attached hydrogen (secondary N) is 1. The summed E-state index contributed by atoms with van der Waals surface area (Å²) in [6.45, 7) is 6.20. The molecule has 1 unspecified atom stereocenters. The van der Waals surface area contributed by atoms with Crippen molar-refractivity contribution in [3.8, 4) is 11.5 Å². The van der Waals surface area contributed by atoms with Crippen LogP contribution in [-0.2, 0) is 4.74 Å². The van der Waals surface area contributed by atoms with Gasteiger partial charge < -0.3 is 19.5 Å². The highest BCUT2D eigenvalue weighted by Crippen LogP contribution is 2.20. The summed E-state index contributed by atoms with van der Waals surface area (Å²) in [6, 6.07) is 14.6. The van der Waals surface area contributed by atoms with Gasteiger partial charge in [0.2, 0.25) is 0 Å². The summed E-state index contributed by atoms with van der Waals surface area (Å²) in [5.74, 6) is 1.77. The third-order valence-electron chi connectivity index (χ3n) is 4.25. The SMILES string of the molecule is CC(C)COc1cccc(NC(=O)c2ccc(OCC3CCCO3)cc2)c1. The molecule has 1 heterocycles. The van der Waals surface area contributed by atoms with E-state index in [9.17, 15) is 4.79 Å². The van der Waals surface area contributed by atoms with E-state index in [-0.39, 0.29) is 12.0 Å². The van der Waals surface area contributed by atoms with Crippen molar-refractivity contribution in [2.45, 2.75) is 32.8 Å². The van der Waals surface area contributed by atoms with Crippen LogP contribution in [0.25, 0.3) is 0 Å². The molecule has 1 aliphatic heterocycles. The fourth-order valence-electron chi connectivity index (χ4n) is 2.80. The molecule has 2 aromatic rings. The second-order valence-corrected chi connectivity index (χ2v) is 7.16. The van der Waals surface area contributed by atoms with E-state index in [0.717, 1.165) is 30.9 Å². The number of carbonyl (C=O) groups excluding carboxylic acids is 1. The lowest BCUT2D eigenvalue weighted by atomic mass is 10.2. The van der Waals surface area contributed by atoms with E-state index >= 15 is 0 Å². The lowest BCUT2D eigenvalue weighted by molar-refractivity contribution is 0.0679. The van der Waals surface area contributed by atoms with Gasteiger partial charge in [0.15, 0.2) is 0 Å². The Bertz CT molecular complexity index is 736. The molecule has 1 fully saturated rings. The lowest BCUT2D eigenvalue weighted by Crippen LogP contribution is -2.16. The third kappa shape index (κ3) is 6.00. The summed E-state index contributed by atoms with van der Waals surface area (Å²) in [4.78, 5) is 12.5. The monoisotopic (exact) mass is 369 g/mol. The molecular weight excluding hydrogens is 342 g/mol. The van der Waals surface area contributed by atoms with E-state index in [1.54, 1.807) is 12.1 Å². The Labute approximate surface area is 160 Å². The third-order valence-corrected chi connectivity index (χ3v) is 4.25. The number of amides is 1. The van der Waals surface area contributed by atoms with Crippen LogP contribution in [0.2, 0.25) is 0 Å². The van der Waals surface area contributed by atoms with Gasteiger partial charge in [-0.05, 0) is 55.2 Å². The number of anilines is 1. The molecule has 144 valence electrons. The average Bonchev–Trinajstić information content (AvgIpc) is 3.19. The van der Waals surface area contributed by atoms with Gasteiger partial charge in [-0.1, -0.05) is 19.9 Å². The van der Waals surface area contributed by atoms with E-state index in [4.69, 9.17) is 14.2 Å². The average molecular weight is 369 g/mol. The summed E-state index contributed by atoms with van der Waals surface area (Å²) in [5, 5.41) is 2.90. The maximum absolute atomic E-state index is 12.5. The van der Waals surface area contributed by atoms with Gasteiger partial charge in [0.05, 0.1) is 12.7 Å². The van der Waals surface area contributed by atoms with E-state index in [1.165, 1.54) is 0 Å². The van der Waals surface area contributed by atoms with Crippen LogP contribution in [0.5, 0.6) is 11.5 Å². The Morgan fingerprint density at radius 3 is 2.67 bits per heavy atom. The van der Waals surface area contributed by atoms with Crippen LogP contribution < -0.4 is 14.8 Å². The molecule has 1 atom stereocenters. The van der Waals surface area contributed by atoms with Gasteiger partial charge in [-0.25, -0.2) is 0 Å². The van der Waals surface area contributed by atoms with E-state index in [2.05, 4.69) is 19.2 Å². The number of hydrogen-bond donors (Lipinski definition) is 1. The first-order chi connectivity index (χ1) is 13.1. The first kappa shape index (κ1) is 19.2. The van der Waals surface area contributed by atoms with Crippen molar-refractivity contribution in [2.75, 3.05) is 25.1 Å². The predicted molar refractivity (Wildman–Crippen MR) is 106 cm³/mol. The number of carbonyl (C=O) groups is 1. The van der Waals surface area contributed by atoms with Crippen molar-refractivity contribution >= 4 is 11.6 Å². The molecule has 1 aliphatic rings. The number of hydrogen-bond acceptors (Lipinski definition) is 4. The van der Waals surface area contributed by atoms with E-state index in [0.29, 0.717) is 30.4 Å². The van der Waals surface area contributed by atoms with Crippen LogP contribution in [0, 0.1) is 5.92 Å². The van der Waals surface area contributed by atoms with Gasteiger partial charge in [-0.3, -0.25) is 4.79 Å². The Morgan fingerprint density at radius 2 is 1.96 bits per heavy atom. The highest BCUT2D eigenvalue weighted by atomic mass is 16.5. The lowest BCUT2D eigenvalue weighted by Gasteiger charge is -2.12. The van der Waals surface area contributed by atoms with Crippen molar-refractivity contribution in [3.05, 3.63) is 54.1 Å². The van der Waals surface area contributed by atoms with Crippen molar-refractivity contribution in [1.29, 1.82) is 0 Å². The molecular formula is C22H27NO4. The van der Waals surface area contributed by atoms with Crippen LogP contribution in [0.1, 0.15) is 37.0 Å². The minimum atomic E-state index is -0.165. The number of ether oxygens (including phenoxy) is 3. The first-order valence-electron chi connectivity index (χ1n) is 9.49. The molecule has 0 bridgehead atoms. The molecule has 0 radical (unpaired) electrons. The maximum Gasteiger partial charge on any atom is 0.255 e. The standard InChI is InChI=1S/C22H27NO4/c1-16(2)14-26-20-6-3-5-18(13-20)23-22(24)17-8-10-19(11-9-17)27-15-21-7-4-12-25-21/h3,5-6,8-11,13,16,21H,4,7,12,14-15H2,1-2H3,(H,23,24). The minimum Gasteiger partial charge on any atom is -0.493 e. The van der Waals surface area contributed by atoms with E-state index < -0.39 is 0 Å². The highest BCUT2D eigenvalue weighted by molar-refractivity contribution is 6.04. The summed E-state index contributed by atoms with van der Waals surface area (Å²) in [6.07, 6.45) is 2.32. The quantitative estimate of drug-likeness (QED) is 0.743. The van der Waals surface area contributed by atoms with Crippen LogP contribution in [0.4, 0.5) is 5.69 Å². The zero-order valence-electron chi connectivity index (χ0n) is 15.9. The second-order valence-electron chi connectivity index (χ2n) is 7.16. The minimum absolute atomic E-state index is 0.165. The van der Waals surface area contributed by atoms with Crippen molar-refractivity contribution in [3.63, 3.8) is 0 Å². The van der Waals surface area contributed by atoms with Crippen LogP contribution >= 0.6 is 0 Å². The number of benzene rings is 2. The fourth-order valence-corrected chi connectivity index (χ4v) is 2.80.